The Hall–Kier alpha value is -4.45. The first kappa shape index (κ1) is 24.3. The summed E-state index contributed by atoms with van der Waals surface area (Å²) in [4.78, 5) is 15.5. The fourth-order valence-electron chi connectivity index (χ4n) is 4.91. The number of hydrogen-bond donors (Lipinski definition) is 1. The predicted octanol–water partition coefficient (Wildman–Crippen LogP) is 7.20. The van der Waals surface area contributed by atoms with E-state index in [1.807, 2.05) is 60.7 Å². The Kier molecular flexibility index (Phi) is 6.99. The number of methoxy groups -OCH3 is 1. The molecule has 37 heavy (non-hydrogen) atoms. The SMILES string of the molecule is COC(=O)C1=C(Nc2ccccc2)C[C@H](c2ccc(F)cc2)N(c2ccccc2)[C@H]1c1ccc(F)cc1. The number of para-hydroxylation sites is 2. The van der Waals surface area contributed by atoms with Crippen LogP contribution in [0.4, 0.5) is 20.2 Å². The molecular weight excluding hydrogens is 470 g/mol. The Morgan fingerprint density at radius 3 is 1.89 bits per heavy atom. The van der Waals surface area contributed by atoms with Gasteiger partial charge in [-0.3, -0.25) is 0 Å². The van der Waals surface area contributed by atoms with Gasteiger partial charge in [-0.05, 0) is 59.7 Å². The van der Waals surface area contributed by atoms with Gasteiger partial charge in [-0.1, -0.05) is 60.7 Å². The lowest BCUT2D eigenvalue weighted by Crippen LogP contribution is -2.41. The van der Waals surface area contributed by atoms with Crippen LogP contribution in [0.5, 0.6) is 0 Å². The third-order valence-electron chi connectivity index (χ3n) is 6.58. The van der Waals surface area contributed by atoms with Crippen molar-refractivity contribution in [2.24, 2.45) is 0 Å². The lowest BCUT2D eigenvalue weighted by atomic mass is 9.84. The number of carbonyl (C=O) groups excluding carboxylic acids is 1. The van der Waals surface area contributed by atoms with Crippen LogP contribution in [0.15, 0.2) is 120 Å². The molecule has 186 valence electrons. The second-order valence-electron chi connectivity index (χ2n) is 8.84. The molecule has 6 heteroatoms. The van der Waals surface area contributed by atoms with Gasteiger partial charge in [-0.2, -0.15) is 0 Å². The highest BCUT2D eigenvalue weighted by Crippen LogP contribution is 2.48. The van der Waals surface area contributed by atoms with E-state index in [2.05, 4.69) is 10.2 Å². The highest BCUT2D eigenvalue weighted by molar-refractivity contribution is 5.93. The monoisotopic (exact) mass is 496 g/mol. The van der Waals surface area contributed by atoms with Crippen LogP contribution in [0.1, 0.15) is 29.6 Å². The molecule has 0 radical (unpaired) electrons. The molecule has 5 rings (SSSR count). The summed E-state index contributed by atoms with van der Waals surface area (Å²) in [6.45, 7) is 0. The number of rotatable bonds is 6. The van der Waals surface area contributed by atoms with E-state index in [0.717, 1.165) is 22.5 Å². The summed E-state index contributed by atoms with van der Waals surface area (Å²) in [5.74, 6) is -1.17. The van der Waals surface area contributed by atoms with E-state index >= 15 is 0 Å². The van der Waals surface area contributed by atoms with Crippen molar-refractivity contribution < 1.29 is 18.3 Å². The number of anilines is 2. The Morgan fingerprint density at radius 2 is 1.32 bits per heavy atom. The van der Waals surface area contributed by atoms with Crippen molar-refractivity contribution in [3.63, 3.8) is 0 Å². The minimum absolute atomic E-state index is 0.266. The van der Waals surface area contributed by atoms with Crippen molar-refractivity contribution >= 4 is 17.3 Å². The van der Waals surface area contributed by atoms with Crippen LogP contribution >= 0.6 is 0 Å². The number of carbonyl (C=O) groups is 1. The fraction of sp³-hybridized carbons (Fsp3) is 0.129. The first-order chi connectivity index (χ1) is 18.0. The molecule has 0 aliphatic carbocycles. The van der Waals surface area contributed by atoms with E-state index in [9.17, 15) is 13.6 Å². The maximum atomic E-state index is 14.0. The minimum atomic E-state index is -0.606. The highest BCUT2D eigenvalue weighted by Gasteiger charge is 2.41. The van der Waals surface area contributed by atoms with Crippen molar-refractivity contribution in [3.8, 4) is 0 Å². The third-order valence-corrected chi connectivity index (χ3v) is 6.58. The Morgan fingerprint density at radius 1 is 0.784 bits per heavy atom. The van der Waals surface area contributed by atoms with Crippen LogP contribution in [0.3, 0.4) is 0 Å². The van der Waals surface area contributed by atoms with Crippen LogP contribution in [0.2, 0.25) is 0 Å². The molecule has 1 aliphatic rings. The maximum absolute atomic E-state index is 14.0. The summed E-state index contributed by atoms with van der Waals surface area (Å²) in [5, 5.41) is 3.44. The molecule has 0 saturated heterocycles. The molecule has 0 saturated carbocycles. The van der Waals surface area contributed by atoms with Crippen LogP contribution < -0.4 is 10.2 Å². The van der Waals surface area contributed by atoms with Gasteiger partial charge in [-0.25, -0.2) is 13.6 Å². The van der Waals surface area contributed by atoms with E-state index in [1.54, 1.807) is 24.3 Å². The molecule has 2 atom stereocenters. The zero-order valence-electron chi connectivity index (χ0n) is 20.3. The molecule has 0 amide bonds. The molecule has 0 aromatic heterocycles. The lowest BCUT2D eigenvalue weighted by Gasteiger charge is -2.45. The predicted molar refractivity (Wildman–Crippen MR) is 141 cm³/mol. The highest BCUT2D eigenvalue weighted by atomic mass is 19.1. The van der Waals surface area contributed by atoms with Crippen LogP contribution in [-0.2, 0) is 9.53 Å². The second-order valence-corrected chi connectivity index (χ2v) is 8.84. The second kappa shape index (κ2) is 10.7. The summed E-state index contributed by atoms with van der Waals surface area (Å²) in [7, 11) is 1.36. The summed E-state index contributed by atoms with van der Waals surface area (Å²) in [6, 6.07) is 31.0. The summed E-state index contributed by atoms with van der Waals surface area (Å²) in [6.07, 6.45) is 0.428. The normalized spacial score (nSPS) is 17.4. The number of hydrogen-bond acceptors (Lipinski definition) is 4. The molecule has 0 unspecified atom stereocenters. The van der Waals surface area contributed by atoms with Crippen molar-refractivity contribution in [1.82, 2.24) is 0 Å². The van der Waals surface area contributed by atoms with Crippen molar-refractivity contribution in [2.75, 3.05) is 17.3 Å². The molecule has 1 heterocycles. The Labute approximate surface area is 214 Å². The Bertz CT molecular complexity index is 1390. The average molecular weight is 497 g/mol. The van der Waals surface area contributed by atoms with Gasteiger partial charge in [0.05, 0.1) is 24.8 Å². The van der Waals surface area contributed by atoms with Gasteiger partial charge in [0, 0.05) is 23.5 Å². The molecule has 0 bridgehead atoms. The molecule has 0 fully saturated rings. The first-order valence-electron chi connectivity index (χ1n) is 12.0. The average Bonchev–Trinajstić information content (AvgIpc) is 2.94. The number of ether oxygens (including phenoxy) is 1. The number of esters is 1. The van der Waals surface area contributed by atoms with E-state index in [-0.39, 0.29) is 17.7 Å². The van der Waals surface area contributed by atoms with Gasteiger partial charge in [0.1, 0.15) is 11.6 Å². The van der Waals surface area contributed by atoms with Gasteiger partial charge in [0.25, 0.3) is 0 Å². The largest absolute Gasteiger partial charge is 0.466 e. The molecular formula is C31H26F2N2O2. The summed E-state index contributed by atoms with van der Waals surface area (Å²) in [5.41, 5.74) is 4.42. The van der Waals surface area contributed by atoms with Crippen LogP contribution in [0.25, 0.3) is 0 Å². The van der Waals surface area contributed by atoms with Crippen molar-refractivity contribution in [2.45, 2.75) is 18.5 Å². The zero-order chi connectivity index (χ0) is 25.8. The first-order valence-corrected chi connectivity index (χ1v) is 12.0. The quantitative estimate of drug-likeness (QED) is 0.287. The zero-order valence-corrected chi connectivity index (χ0v) is 20.3. The maximum Gasteiger partial charge on any atom is 0.337 e. The van der Waals surface area contributed by atoms with Gasteiger partial charge >= 0.3 is 5.97 Å². The molecule has 4 aromatic carbocycles. The topological polar surface area (TPSA) is 41.6 Å². The summed E-state index contributed by atoms with van der Waals surface area (Å²) >= 11 is 0. The van der Waals surface area contributed by atoms with Crippen LogP contribution in [-0.4, -0.2) is 13.1 Å². The molecule has 1 aliphatic heterocycles. The van der Waals surface area contributed by atoms with Crippen molar-refractivity contribution in [3.05, 3.63) is 143 Å². The lowest BCUT2D eigenvalue weighted by molar-refractivity contribution is -0.136. The number of benzene rings is 4. The molecule has 0 spiro atoms. The standard InChI is InChI=1S/C31H26F2N2O2/c1-37-31(36)29-27(34-25-8-4-2-5-9-25)20-28(21-12-16-23(32)17-13-21)35(26-10-6-3-7-11-26)30(29)22-14-18-24(33)19-15-22/h2-19,28,30,34H,20H2,1H3/t28-,30+/m1/s1. The van der Waals surface area contributed by atoms with Crippen LogP contribution in [0, 0.1) is 11.6 Å². The van der Waals surface area contributed by atoms with E-state index < -0.39 is 12.0 Å². The van der Waals surface area contributed by atoms with Crippen molar-refractivity contribution in [1.29, 1.82) is 0 Å². The van der Waals surface area contributed by atoms with Gasteiger partial charge in [0.2, 0.25) is 0 Å². The van der Waals surface area contributed by atoms with E-state index in [4.69, 9.17) is 4.74 Å². The van der Waals surface area contributed by atoms with Gasteiger partial charge < -0.3 is 15.0 Å². The number of nitrogens with zero attached hydrogens (tertiary/aromatic N) is 1. The molecule has 1 N–H and O–H groups in total. The summed E-state index contributed by atoms with van der Waals surface area (Å²) < 4.78 is 33.2. The molecule has 4 nitrogen and oxygen atoms in total. The van der Waals surface area contributed by atoms with E-state index in [0.29, 0.717) is 17.7 Å². The Balaban J connectivity index is 1.77. The number of nitrogens with one attached hydrogen (secondary N) is 1. The third kappa shape index (κ3) is 5.09. The minimum Gasteiger partial charge on any atom is -0.466 e. The molecule has 4 aromatic rings. The number of halogens is 2. The smallest absolute Gasteiger partial charge is 0.337 e. The fourth-order valence-corrected chi connectivity index (χ4v) is 4.91. The van der Waals surface area contributed by atoms with Gasteiger partial charge in [-0.15, -0.1) is 0 Å². The van der Waals surface area contributed by atoms with Gasteiger partial charge in [0.15, 0.2) is 0 Å². The van der Waals surface area contributed by atoms with E-state index in [1.165, 1.54) is 31.4 Å².